The minimum atomic E-state index is -4.92. The molecular formula is C29H53F6N3O2. The van der Waals surface area contributed by atoms with Crippen LogP contribution in [-0.2, 0) is 9.59 Å². The van der Waals surface area contributed by atoms with E-state index < -0.39 is 24.2 Å². The van der Waals surface area contributed by atoms with Crippen LogP contribution in [0.3, 0.4) is 0 Å². The molecule has 0 rings (SSSR count). The molecule has 0 saturated carbocycles. The molecule has 40 heavy (non-hydrogen) atoms. The van der Waals surface area contributed by atoms with Gasteiger partial charge in [-0.15, -0.1) is 0 Å². The molecule has 0 aliphatic carbocycles. The fourth-order valence-electron chi connectivity index (χ4n) is 4.59. The predicted octanol–water partition coefficient (Wildman–Crippen LogP) is 8.08. The van der Waals surface area contributed by atoms with Crippen LogP contribution < -0.4 is 10.6 Å². The lowest BCUT2D eigenvalue weighted by Crippen LogP contribution is -2.41. The van der Waals surface area contributed by atoms with E-state index in [1.54, 1.807) is 0 Å². The van der Waals surface area contributed by atoms with E-state index in [-0.39, 0.29) is 19.6 Å². The van der Waals surface area contributed by atoms with Crippen LogP contribution in [0.2, 0.25) is 0 Å². The molecule has 0 unspecified atom stereocenters. The summed E-state index contributed by atoms with van der Waals surface area (Å²) in [5.41, 5.74) is 0. The van der Waals surface area contributed by atoms with Gasteiger partial charge in [0.15, 0.2) is 0 Å². The molecule has 5 nitrogen and oxygen atoms in total. The van der Waals surface area contributed by atoms with Crippen LogP contribution in [0.25, 0.3) is 0 Å². The first-order valence-corrected chi connectivity index (χ1v) is 15.4. The zero-order chi connectivity index (χ0) is 30.1. The Morgan fingerprint density at radius 3 is 1.18 bits per heavy atom. The molecule has 0 aromatic rings. The molecule has 0 heterocycles. The summed E-state index contributed by atoms with van der Waals surface area (Å²) >= 11 is 0. The van der Waals surface area contributed by atoms with Gasteiger partial charge in [-0.2, -0.15) is 26.3 Å². The highest BCUT2D eigenvalue weighted by atomic mass is 19.4. The van der Waals surface area contributed by atoms with Gasteiger partial charge < -0.3 is 15.5 Å². The Balaban J connectivity index is 3.98. The molecule has 238 valence electrons. The molecule has 0 fully saturated rings. The lowest BCUT2D eigenvalue weighted by molar-refractivity contribution is -0.173. The van der Waals surface area contributed by atoms with E-state index in [1.807, 2.05) is 15.5 Å². The zero-order valence-electron chi connectivity index (χ0n) is 24.5. The Kier molecular flexibility index (Phi) is 23.2. The second kappa shape index (κ2) is 24.1. The molecule has 0 aromatic carbocycles. The summed E-state index contributed by atoms with van der Waals surface area (Å²) in [5.74, 6) is -3.92. The number of rotatable bonds is 26. The second-order valence-corrected chi connectivity index (χ2v) is 10.7. The molecule has 0 radical (unpaired) electrons. The van der Waals surface area contributed by atoms with Gasteiger partial charge in [0.05, 0.1) is 0 Å². The number of nitrogens with one attached hydrogen (secondary N) is 2. The largest absolute Gasteiger partial charge is 0.471 e. The van der Waals surface area contributed by atoms with Crippen molar-refractivity contribution in [2.24, 2.45) is 0 Å². The van der Waals surface area contributed by atoms with Gasteiger partial charge in [-0.3, -0.25) is 9.59 Å². The van der Waals surface area contributed by atoms with E-state index in [4.69, 9.17) is 0 Å². The van der Waals surface area contributed by atoms with E-state index in [2.05, 4.69) is 6.92 Å². The highest BCUT2D eigenvalue weighted by Gasteiger charge is 2.38. The van der Waals surface area contributed by atoms with Crippen molar-refractivity contribution < 1.29 is 35.9 Å². The lowest BCUT2D eigenvalue weighted by atomic mass is 10.0. The number of amides is 2. The Bertz CT molecular complexity index is 630. The Morgan fingerprint density at radius 1 is 0.475 bits per heavy atom. The van der Waals surface area contributed by atoms with Crippen molar-refractivity contribution in [1.82, 2.24) is 15.5 Å². The van der Waals surface area contributed by atoms with Gasteiger partial charge in [0.1, 0.15) is 0 Å². The number of nitrogens with zero attached hydrogens (tertiary/aromatic N) is 1. The summed E-state index contributed by atoms with van der Waals surface area (Å²) in [5, 5.41) is 3.71. The minimum absolute atomic E-state index is 0.0842. The van der Waals surface area contributed by atoms with Crippen molar-refractivity contribution in [3.63, 3.8) is 0 Å². The number of unbranched alkanes of at least 4 members (excludes halogenated alkanes) is 17. The number of carbonyl (C=O) groups excluding carboxylic acids is 2. The number of alkyl halides is 6. The topological polar surface area (TPSA) is 61.4 Å². The molecule has 0 atom stereocenters. The van der Waals surface area contributed by atoms with E-state index in [0.717, 1.165) is 19.3 Å². The molecule has 0 saturated heterocycles. The highest BCUT2D eigenvalue weighted by Crippen LogP contribution is 2.16. The second-order valence-electron chi connectivity index (χ2n) is 10.7. The van der Waals surface area contributed by atoms with E-state index in [9.17, 15) is 35.9 Å². The van der Waals surface area contributed by atoms with Crippen molar-refractivity contribution >= 4 is 11.8 Å². The first kappa shape index (κ1) is 38.5. The molecule has 2 N–H and O–H groups in total. The van der Waals surface area contributed by atoms with Crippen LogP contribution in [0.4, 0.5) is 26.3 Å². The van der Waals surface area contributed by atoms with Gasteiger partial charge in [-0.1, -0.05) is 110 Å². The minimum Gasteiger partial charge on any atom is -0.348 e. The van der Waals surface area contributed by atoms with Crippen molar-refractivity contribution in [2.45, 2.75) is 141 Å². The standard InChI is InChI=1S/C29H53F6N3O2/c1-2-3-4-5-6-7-8-9-10-11-12-13-14-15-16-19-23-38(25-22-37-27(40)29(33,34)35)24-20-17-18-21-36-26(39)28(30,31)32/h2-25H2,1H3,(H,36,39)(H,37,40). The summed E-state index contributed by atoms with van der Waals surface area (Å²) < 4.78 is 73.8. The first-order chi connectivity index (χ1) is 19.0. The smallest absolute Gasteiger partial charge is 0.348 e. The molecule has 0 aromatic heterocycles. The first-order valence-electron chi connectivity index (χ1n) is 15.4. The van der Waals surface area contributed by atoms with E-state index in [0.29, 0.717) is 32.4 Å². The van der Waals surface area contributed by atoms with Gasteiger partial charge >= 0.3 is 24.2 Å². The number of carbonyl (C=O) groups is 2. The molecular weight excluding hydrogens is 536 g/mol. The van der Waals surface area contributed by atoms with E-state index in [1.165, 1.54) is 83.5 Å². The molecule has 11 heteroatoms. The summed E-state index contributed by atoms with van der Waals surface area (Å²) in [7, 11) is 0. The third-order valence-corrected chi connectivity index (χ3v) is 6.99. The van der Waals surface area contributed by atoms with Gasteiger partial charge in [0, 0.05) is 19.6 Å². The maximum Gasteiger partial charge on any atom is 0.471 e. The highest BCUT2D eigenvalue weighted by molar-refractivity contribution is 5.81. The number of halogens is 6. The van der Waals surface area contributed by atoms with Crippen LogP contribution in [-0.4, -0.2) is 61.8 Å². The van der Waals surface area contributed by atoms with Crippen LogP contribution in [0.5, 0.6) is 0 Å². The Hall–Kier alpha value is -1.52. The van der Waals surface area contributed by atoms with Crippen LogP contribution in [0.15, 0.2) is 0 Å². The zero-order valence-corrected chi connectivity index (χ0v) is 24.5. The van der Waals surface area contributed by atoms with Gasteiger partial charge in [-0.05, 0) is 32.4 Å². The molecule has 0 aliphatic heterocycles. The van der Waals surface area contributed by atoms with Crippen molar-refractivity contribution in [2.75, 3.05) is 32.7 Å². The van der Waals surface area contributed by atoms with Crippen LogP contribution in [0.1, 0.15) is 129 Å². The summed E-state index contributed by atoms with van der Waals surface area (Å²) in [6.07, 6.45) is 11.8. The van der Waals surface area contributed by atoms with Crippen molar-refractivity contribution in [3.05, 3.63) is 0 Å². The van der Waals surface area contributed by atoms with Crippen molar-refractivity contribution in [3.8, 4) is 0 Å². The number of hydrogen-bond donors (Lipinski definition) is 2. The fraction of sp³-hybridized carbons (Fsp3) is 0.931. The summed E-state index contributed by atoms with van der Waals surface area (Å²) in [6, 6.07) is 0. The number of hydrogen-bond acceptors (Lipinski definition) is 3. The maximum absolute atomic E-state index is 12.4. The molecule has 2 amide bonds. The molecule has 0 spiro atoms. The summed E-state index contributed by atoms with van der Waals surface area (Å²) in [4.78, 5) is 23.9. The Labute approximate surface area is 237 Å². The monoisotopic (exact) mass is 589 g/mol. The quantitative estimate of drug-likeness (QED) is 0.0792. The SMILES string of the molecule is CCCCCCCCCCCCCCCCCCN(CCCCCNC(=O)C(F)(F)F)CCNC(=O)C(F)(F)F. The van der Waals surface area contributed by atoms with Crippen molar-refractivity contribution in [1.29, 1.82) is 0 Å². The van der Waals surface area contributed by atoms with Crippen LogP contribution in [0, 0.1) is 0 Å². The molecule has 0 bridgehead atoms. The van der Waals surface area contributed by atoms with Gasteiger partial charge in [0.2, 0.25) is 0 Å². The normalized spacial score (nSPS) is 12.2. The Morgan fingerprint density at radius 2 is 0.800 bits per heavy atom. The van der Waals surface area contributed by atoms with Gasteiger partial charge in [0.25, 0.3) is 0 Å². The fourth-order valence-corrected chi connectivity index (χ4v) is 4.59. The van der Waals surface area contributed by atoms with E-state index >= 15 is 0 Å². The third kappa shape index (κ3) is 24.3. The average molecular weight is 590 g/mol. The summed E-state index contributed by atoms with van der Waals surface area (Å²) in [6.45, 7) is 3.55. The average Bonchev–Trinajstić information content (AvgIpc) is 2.88. The maximum atomic E-state index is 12.4. The lowest BCUT2D eigenvalue weighted by Gasteiger charge is -2.22. The third-order valence-electron chi connectivity index (χ3n) is 6.99. The van der Waals surface area contributed by atoms with Crippen LogP contribution >= 0.6 is 0 Å². The predicted molar refractivity (Wildman–Crippen MR) is 148 cm³/mol. The molecule has 0 aliphatic rings. The van der Waals surface area contributed by atoms with Gasteiger partial charge in [-0.25, -0.2) is 0 Å².